The monoisotopic (exact) mass is 372 g/mol. The zero-order valence-corrected chi connectivity index (χ0v) is 15.5. The number of anilines is 2. The van der Waals surface area contributed by atoms with E-state index >= 15 is 0 Å². The lowest BCUT2D eigenvalue weighted by atomic mass is 10.1. The van der Waals surface area contributed by atoms with Gasteiger partial charge in [0.1, 0.15) is 5.82 Å². The molecular formula is C22H20N4O2. The van der Waals surface area contributed by atoms with Crippen LogP contribution in [0, 0.1) is 6.92 Å². The van der Waals surface area contributed by atoms with Crippen LogP contribution in [0.15, 0.2) is 73.6 Å². The molecule has 0 aliphatic heterocycles. The van der Waals surface area contributed by atoms with E-state index in [2.05, 4.69) is 27.2 Å². The average molecular weight is 372 g/mol. The van der Waals surface area contributed by atoms with Gasteiger partial charge >= 0.3 is 0 Å². The number of nitrogens with zero attached hydrogens (tertiary/aromatic N) is 2. The van der Waals surface area contributed by atoms with Crippen molar-refractivity contribution in [3.63, 3.8) is 0 Å². The molecule has 0 atom stereocenters. The number of rotatable bonds is 6. The van der Waals surface area contributed by atoms with E-state index < -0.39 is 0 Å². The van der Waals surface area contributed by atoms with Gasteiger partial charge in [-0.05, 0) is 42.3 Å². The molecule has 0 aliphatic rings. The van der Waals surface area contributed by atoms with E-state index in [9.17, 15) is 9.59 Å². The average Bonchev–Trinajstić information content (AvgIpc) is 2.70. The molecule has 2 aromatic carbocycles. The second kappa shape index (κ2) is 8.73. The maximum atomic E-state index is 12.4. The molecule has 28 heavy (non-hydrogen) atoms. The third-order valence-electron chi connectivity index (χ3n) is 4.10. The van der Waals surface area contributed by atoms with Crippen LogP contribution in [-0.4, -0.2) is 21.8 Å². The molecule has 0 bridgehead atoms. The van der Waals surface area contributed by atoms with E-state index in [1.807, 2.05) is 43.3 Å². The predicted octanol–water partition coefficient (Wildman–Crippen LogP) is 3.75. The number of hydrogen-bond acceptors (Lipinski definition) is 4. The quantitative estimate of drug-likeness (QED) is 0.646. The molecule has 0 saturated carbocycles. The van der Waals surface area contributed by atoms with Crippen LogP contribution in [0.2, 0.25) is 0 Å². The molecule has 0 spiro atoms. The van der Waals surface area contributed by atoms with Crippen molar-refractivity contribution >= 4 is 23.2 Å². The molecule has 6 nitrogen and oxygen atoms in total. The molecule has 0 aliphatic carbocycles. The molecule has 2 amide bonds. The summed E-state index contributed by atoms with van der Waals surface area (Å²) in [5, 5.41) is 5.53. The molecular weight excluding hydrogens is 352 g/mol. The van der Waals surface area contributed by atoms with E-state index in [-0.39, 0.29) is 11.8 Å². The summed E-state index contributed by atoms with van der Waals surface area (Å²) in [4.78, 5) is 32.4. The van der Waals surface area contributed by atoms with Gasteiger partial charge in [0.15, 0.2) is 0 Å². The topological polar surface area (TPSA) is 84.0 Å². The van der Waals surface area contributed by atoms with Gasteiger partial charge in [-0.3, -0.25) is 9.59 Å². The molecule has 0 fully saturated rings. The Hall–Kier alpha value is -3.80. The number of carbonyl (C=O) groups is 2. The van der Waals surface area contributed by atoms with Crippen LogP contribution in [0.3, 0.4) is 0 Å². The smallest absolute Gasteiger partial charge is 0.256 e. The van der Waals surface area contributed by atoms with Crippen LogP contribution in [0.4, 0.5) is 11.4 Å². The number of aryl methyl sites for hydroxylation is 1. The van der Waals surface area contributed by atoms with Crippen molar-refractivity contribution < 1.29 is 9.59 Å². The minimum Gasteiger partial charge on any atom is -0.323 e. The van der Waals surface area contributed by atoms with Crippen molar-refractivity contribution in [1.29, 1.82) is 0 Å². The Morgan fingerprint density at radius 2 is 1.75 bits per heavy atom. The zero-order chi connectivity index (χ0) is 19.9. The maximum Gasteiger partial charge on any atom is 0.256 e. The Kier molecular flexibility index (Phi) is 5.91. The summed E-state index contributed by atoms with van der Waals surface area (Å²) < 4.78 is 0. The third-order valence-corrected chi connectivity index (χ3v) is 4.10. The van der Waals surface area contributed by atoms with Crippen LogP contribution in [0.25, 0.3) is 0 Å². The largest absolute Gasteiger partial charge is 0.323 e. The summed E-state index contributed by atoms with van der Waals surface area (Å²) in [5.41, 5.74) is 3.69. The minimum atomic E-state index is -0.262. The molecule has 3 aromatic rings. The minimum absolute atomic E-state index is 0.194. The van der Waals surface area contributed by atoms with E-state index in [4.69, 9.17) is 0 Å². The fraction of sp³-hybridized carbons (Fsp3) is 0.0909. The number of amides is 2. The molecule has 1 heterocycles. The first kappa shape index (κ1) is 19.0. The molecule has 3 rings (SSSR count). The molecule has 1 aromatic heterocycles. The Morgan fingerprint density at radius 3 is 2.46 bits per heavy atom. The van der Waals surface area contributed by atoms with Crippen molar-refractivity contribution in [3.05, 3.63) is 96.1 Å². The van der Waals surface area contributed by atoms with Crippen LogP contribution < -0.4 is 10.6 Å². The Labute approximate surface area is 163 Å². The van der Waals surface area contributed by atoms with Gasteiger partial charge in [0, 0.05) is 17.7 Å². The predicted molar refractivity (Wildman–Crippen MR) is 109 cm³/mol. The SMILES string of the molecule is C=CC(=O)Nc1cccc(Cc2ncc(NC(=O)c3ccccc3C)cn2)c1. The molecule has 0 unspecified atom stereocenters. The first-order valence-electron chi connectivity index (χ1n) is 8.75. The molecule has 0 radical (unpaired) electrons. The van der Waals surface area contributed by atoms with Crippen LogP contribution >= 0.6 is 0 Å². The Morgan fingerprint density at radius 1 is 1.00 bits per heavy atom. The summed E-state index contributed by atoms with van der Waals surface area (Å²) in [6.45, 7) is 5.33. The fourth-order valence-corrected chi connectivity index (χ4v) is 2.67. The second-order valence-electron chi connectivity index (χ2n) is 6.23. The highest BCUT2D eigenvalue weighted by atomic mass is 16.2. The van der Waals surface area contributed by atoms with Gasteiger partial charge in [-0.2, -0.15) is 0 Å². The molecule has 2 N–H and O–H groups in total. The van der Waals surface area contributed by atoms with Gasteiger partial charge in [-0.1, -0.05) is 36.9 Å². The highest BCUT2D eigenvalue weighted by Gasteiger charge is 2.09. The van der Waals surface area contributed by atoms with E-state index in [1.165, 1.54) is 6.08 Å². The summed E-state index contributed by atoms with van der Waals surface area (Å²) in [6.07, 6.45) is 4.90. The Balaban J connectivity index is 1.66. The summed E-state index contributed by atoms with van der Waals surface area (Å²) in [6, 6.07) is 14.8. The number of hydrogen-bond donors (Lipinski definition) is 2. The molecule has 6 heteroatoms. The van der Waals surface area contributed by atoms with Gasteiger partial charge in [-0.25, -0.2) is 9.97 Å². The van der Waals surface area contributed by atoms with E-state index in [1.54, 1.807) is 24.5 Å². The second-order valence-corrected chi connectivity index (χ2v) is 6.23. The van der Waals surface area contributed by atoms with Crippen molar-refractivity contribution in [1.82, 2.24) is 9.97 Å². The Bertz CT molecular complexity index is 1010. The molecule has 0 saturated heterocycles. The van der Waals surface area contributed by atoms with Crippen LogP contribution in [-0.2, 0) is 11.2 Å². The van der Waals surface area contributed by atoms with Crippen molar-refractivity contribution in [2.24, 2.45) is 0 Å². The van der Waals surface area contributed by atoms with Gasteiger partial charge < -0.3 is 10.6 Å². The summed E-state index contributed by atoms with van der Waals surface area (Å²) >= 11 is 0. The van der Waals surface area contributed by atoms with Gasteiger partial charge in [0.05, 0.1) is 18.1 Å². The maximum absolute atomic E-state index is 12.4. The van der Waals surface area contributed by atoms with Crippen molar-refractivity contribution in [2.45, 2.75) is 13.3 Å². The lowest BCUT2D eigenvalue weighted by Gasteiger charge is -2.08. The van der Waals surface area contributed by atoms with Gasteiger partial charge in [-0.15, -0.1) is 0 Å². The highest BCUT2D eigenvalue weighted by Crippen LogP contribution is 2.15. The van der Waals surface area contributed by atoms with Crippen LogP contribution in [0.5, 0.6) is 0 Å². The van der Waals surface area contributed by atoms with Crippen molar-refractivity contribution in [2.75, 3.05) is 10.6 Å². The standard InChI is InChI=1S/C22H20N4O2/c1-3-21(27)25-17-9-6-8-16(11-17)12-20-23-13-18(14-24-20)26-22(28)19-10-5-4-7-15(19)2/h3-11,13-14H,1,12H2,2H3,(H,25,27)(H,26,28). The number of aromatic nitrogens is 2. The van der Waals surface area contributed by atoms with Crippen LogP contribution in [0.1, 0.15) is 27.3 Å². The summed E-state index contributed by atoms with van der Waals surface area (Å²) in [5.74, 6) is 0.156. The first-order valence-corrected chi connectivity index (χ1v) is 8.75. The lowest BCUT2D eigenvalue weighted by molar-refractivity contribution is -0.111. The van der Waals surface area contributed by atoms with Crippen molar-refractivity contribution in [3.8, 4) is 0 Å². The third kappa shape index (κ3) is 4.88. The first-order chi connectivity index (χ1) is 13.5. The van der Waals surface area contributed by atoms with E-state index in [0.29, 0.717) is 29.2 Å². The lowest BCUT2D eigenvalue weighted by Crippen LogP contribution is -2.14. The fourth-order valence-electron chi connectivity index (χ4n) is 2.67. The van der Waals surface area contributed by atoms with Gasteiger partial charge in [0.2, 0.25) is 5.91 Å². The summed E-state index contributed by atoms with van der Waals surface area (Å²) in [7, 11) is 0. The van der Waals surface area contributed by atoms with E-state index in [0.717, 1.165) is 11.1 Å². The number of nitrogens with one attached hydrogen (secondary N) is 2. The molecule has 140 valence electrons. The zero-order valence-electron chi connectivity index (χ0n) is 15.5. The number of benzene rings is 2. The normalized spacial score (nSPS) is 10.2. The van der Waals surface area contributed by atoms with Gasteiger partial charge in [0.25, 0.3) is 5.91 Å². The number of carbonyl (C=O) groups excluding carboxylic acids is 2. The highest BCUT2D eigenvalue weighted by molar-refractivity contribution is 6.05.